The van der Waals surface area contributed by atoms with E-state index >= 15 is 0 Å². The van der Waals surface area contributed by atoms with Gasteiger partial charge in [-0.05, 0) is 17.7 Å². The van der Waals surface area contributed by atoms with Gasteiger partial charge in [-0.25, -0.2) is 4.79 Å². The van der Waals surface area contributed by atoms with Crippen LogP contribution in [0.4, 0.5) is 13.2 Å². The van der Waals surface area contributed by atoms with Crippen LogP contribution in [0.1, 0.15) is 34.0 Å². The molecule has 0 aliphatic carbocycles. The summed E-state index contributed by atoms with van der Waals surface area (Å²) in [5.74, 6) is -3.24. The number of hydrogen-bond acceptors (Lipinski definition) is 4. The fraction of sp³-hybridized carbons (Fsp3) is 0.333. The minimum atomic E-state index is -4.97. The van der Waals surface area contributed by atoms with Crippen molar-refractivity contribution in [2.75, 3.05) is 0 Å². The molecule has 21 heavy (non-hydrogen) atoms. The number of rotatable bonds is 5. The normalized spacial score (nSPS) is 14.5. The van der Waals surface area contributed by atoms with Gasteiger partial charge in [0.1, 0.15) is 6.10 Å². The van der Waals surface area contributed by atoms with Gasteiger partial charge in [0.15, 0.2) is 0 Å². The summed E-state index contributed by atoms with van der Waals surface area (Å²) in [6, 6.07) is 1.89. The third-order valence-corrected chi connectivity index (χ3v) is 2.67. The number of aromatic carboxylic acids is 1. The van der Waals surface area contributed by atoms with E-state index in [0.717, 1.165) is 6.07 Å². The maximum absolute atomic E-state index is 12.8. The van der Waals surface area contributed by atoms with Crippen LogP contribution in [0.15, 0.2) is 18.2 Å². The van der Waals surface area contributed by atoms with Crippen molar-refractivity contribution < 1.29 is 43.2 Å². The zero-order valence-electron chi connectivity index (χ0n) is 10.3. The number of alkyl halides is 3. The fourth-order valence-electron chi connectivity index (χ4n) is 1.68. The summed E-state index contributed by atoms with van der Waals surface area (Å²) in [4.78, 5) is 21.1. The molecule has 0 saturated heterocycles. The first-order valence-electron chi connectivity index (χ1n) is 5.56. The Hall–Kier alpha value is -2.13. The second kappa shape index (κ2) is 6.10. The molecule has 0 aromatic heterocycles. The van der Waals surface area contributed by atoms with Crippen LogP contribution in [0.5, 0.6) is 0 Å². The first-order valence-corrected chi connectivity index (χ1v) is 5.56. The molecule has 1 aromatic carbocycles. The first-order chi connectivity index (χ1) is 9.54. The average molecular weight is 308 g/mol. The topological polar surface area (TPSA) is 115 Å². The van der Waals surface area contributed by atoms with E-state index in [1.165, 1.54) is 0 Å². The van der Waals surface area contributed by atoms with Crippen LogP contribution in [0.2, 0.25) is 0 Å². The molecule has 2 unspecified atom stereocenters. The SMILES string of the molecule is O=C(O)CC(O)C(O)c1ccc(C(=O)O)c(C(F)(F)F)c1. The van der Waals surface area contributed by atoms with E-state index in [-0.39, 0.29) is 0 Å². The number of hydrogen-bond donors (Lipinski definition) is 4. The Morgan fingerprint density at radius 1 is 1.14 bits per heavy atom. The van der Waals surface area contributed by atoms with Gasteiger partial charge in [0.05, 0.1) is 23.7 Å². The van der Waals surface area contributed by atoms with Gasteiger partial charge in [0, 0.05) is 0 Å². The number of benzene rings is 1. The van der Waals surface area contributed by atoms with Gasteiger partial charge in [-0.15, -0.1) is 0 Å². The number of carboxylic acids is 2. The smallest absolute Gasteiger partial charge is 0.417 e. The molecule has 6 nitrogen and oxygen atoms in total. The molecule has 0 aliphatic heterocycles. The standard InChI is InChI=1S/C12H11F3O6/c13-12(14,15)7-3-5(1-2-6(7)11(20)21)10(19)8(16)4-9(17)18/h1-3,8,10,16,19H,4H2,(H,17,18)(H,20,21). The minimum Gasteiger partial charge on any atom is -0.481 e. The molecule has 1 aromatic rings. The molecule has 2 atom stereocenters. The molecule has 116 valence electrons. The van der Waals surface area contributed by atoms with Gasteiger partial charge in [-0.2, -0.15) is 13.2 Å². The molecule has 0 spiro atoms. The van der Waals surface area contributed by atoms with E-state index in [1.807, 2.05) is 0 Å². The van der Waals surface area contributed by atoms with Gasteiger partial charge in [-0.1, -0.05) is 6.07 Å². The van der Waals surface area contributed by atoms with E-state index in [1.54, 1.807) is 0 Å². The largest absolute Gasteiger partial charge is 0.481 e. The maximum Gasteiger partial charge on any atom is 0.417 e. The van der Waals surface area contributed by atoms with E-state index < -0.39 is 53.4 Å². The van der Waals surface area contributed by atoms with Gasteiger partial charge in [0.25, 0.3) is 0 Å². The number of carbonyl (C=O) groups is 2. The van der Waals surface area contributed by atoms with Crippen LogP contribution in [0.3, 0.4) is 0 Å². The van der Waals surface area contributed by atoms with Crippen molar-refractivity contribution in [2.24, 2.45) is 0 Å². The molecular formula is C12H11F3O6. The van der Waals surface area contributed by atoms with Gasteiger partial charge < -0.3 is 20.4 Å². The highest BCUT2D eigenvalue weighted by molar-refractivity contribution is 5.89. The van der Waals surface area contributed by atoms with Crippen LogP contribution < -0.4 is 0 Å². The number of aliphatic carboxylic acids is 1. The predicted molar refractivity (Wildman–Crippen MR) is 61.6 cm³/mol. The lowest BCUT2D eigenvalue weighted by atomic mass is 9.97. The number of carboxylic acid groups (broad SMARTS) is 2. The van der Waals surface area contributed by atoms with Crippen LogP contribution >= 0.6 is 0 Å². The van der Waals surface area contributed by atoms with E-state index in [0.29, 0.717) is 12.1 Å². The first kappa shape index (κ1) is 16.9. The fourth-order valence-corrected chi connectivity index (χ4v) is 1.68. The second-order valence-corrected chi connectivity index (χ2v) is 4.22. The quantitative estimate of drug-likeness (QED) is 0.651. The average Bonchev–Trinajstić information content (AvgIpc) is 2.35. The summed E-state index contributed by atoms with van der Waals surface area (Å²) in [5, 5.41) is 36.2. The zero-order valence-corrected chi connectivity index (χ0v) is 10.3. The van der Waals surface area contributed by atoms with E-state index in [2.05, 4.69) is 0 Å². The third-order valence-electron chi connectivity index (χ3n) is 2.67. The monoisotopic (exact) mass is 308 g/mol. The summed E-state index contributed by atoms with van der Waals surface area (Å²) < 4.78 is 38.3. The van der Waals surface area contributed by atoms with Crippen LogP contribution in [-0.4, -0.2) is 38.5 Å². The Morgan fingerprint density at radius 3 is 2.14 bits per heavy atom. The van der Waals surface area contributed by atoms with Crippen molar-refractivity contribution in [2.45, 2.75) is 24.8 Å². The highest BCUT2D eigenvalue weighted by Crippen LogP contribution is 2.34. The Labute approximate surface area is 116 Å². The summed E-state index contributed by atoms with van der Waals surface area (Å²) in [5.41, 5.74) is -2.93. The van der Waals surface area contributed by atoms with Crippen molar-refractivity contribution in [3.05, 3.63) is 34.9 Å². The van der Waals surface area contributed by atoms with Gasteiger partial charge in [-0.3, -0.25) is 4.79 Å². The van der Waals surface area contributed by atoms with Crippen LogP contribution in [0, 0.1) is 0 Å². The molecular weight excluding hydrogens is 297 g/mol. The highest BCUT2D eigenvalue weighted by atomic mass is 19.4. The summed E-state index contributed by atoms with van der Waals surface area (Å²) in [6.45, 7) is 0. The highest BCUT2D eigenvalue weighted by Gasteiger charge is 2.36. The third kappa shape index (κ3) is 4.17. The predicted octanol–water partition coefficient (Wildman–Crippen LogP) is 1.27. The lowest BCUT2D eigenvalue weighted by Gasteiger charge is -2.19. The second-order valence-electron chi connectivity index (χ2n) is 4.22. The van der Waals surface area contributed by atoms with Crippen molar-refractivity contribution in [3.8, 4) is 0 Å². The molecule has 0 fully saturated rings. The molecule has 9 heteroatoms. The van der Waals surface area contributed by atoms with Gasteiger partial charge >= 0.3 is 18.1 Å². The molecule has 0 heterocycles. The van der Waals surface area contributed by atoms with E-state index in [9.17, 15) is 33.0 Å². The lowest BCUT2D eigenvalue weighted by molar-refractivity contribution is -0.141. The Balaban J connectivity index is 3.22. The number of halogens is 3. The van der Waals surface area contributed by atoms with Crippen LogP contribution in [-0.2, 0) is 11.0 Å². The lowest BCUT2D eigenvalue weighted by Crippen LogP contribution is -2.23. The van der Waals surface area contributed by atoms with Crippen molar-refractivity contribution in [3.63, 3.8) is 0 Å². The van der Waals surface area contributed by atoms with E-state index in [4.69, 9.17) is 10.2 Å². The molecule has 0 saturated carbocycles. The molecule has 0 aliphatic rings. The van der Waals surface area contributed by atoms with Crippen molar-refractivity contribution in [1.82, 2.24) is 0 Å². The summed E-state index contributed by atoms with van der Waals surface area (Å²) in [6.07, 6.45) is -9.55. The Morgan fingerprint density at radius 2 is 1.71 bits per heavy atom. The molecule has 0 amide bonds. The maximum atomic E-state index is 12.8. The Bertz CT molecular complexity index is 554. The minimum absolute atomic E-state index is 0.374. The molecule has 0 bridgehead atoms. The number of aliphatic hydroxyl groups is 2. The Kier molecular flexibility index (Phi) is 4.92. The van der Waals surface area contributed by atoms with Crippen LogP contribution in [0.25, 0.3) is 0 Å². The summed E-state index contributed by atoms with van der Waals surface area (Å²) in [7, 11) is 0. The van der Waals surface area contributed by atoms with Crippen molar-refractivity contribution in [1.29, 1.82) is 0 Å². The van der Waals surface area contributed by atoms with Crippen molar-refractivity contribution >= 4 is 11.9 Å². The molecule has 1 rings (SSSR count). The summed E-state index contributed by atoms with van der Waals surface area (Å²) >= 11 is 0. The molecule has 4 N–H and O–H groups in total. The number of aliphatic hydroxyl groups excluding tert-OH is 2. The van der Waals surface area contributed by atoms with Gasteiger partial charge in [0.2, 0.25) is 0 Å². The zero-order chi connectivity index (χ0) is 16.4. The molecule has 0 radical (unpaired) electrons.